The molecule has 0 atom stereocenters. The number of carbonyl (C=O) groups excluding carboxylic acids is 2. The number of ketones is 1. The lowest BCUT2D eigenvalue weighted by Gasteiger charge is -2.08. The number of fused-ring (bicyclic) bond motifs is 5. The number of anilines is 1. The first-order valence-electron chi connectivity index (χ1n) is 9.58. The van der Waals surface area contributed by atoms with Crippen LogP contribution < -0.4 is 11.1 Å². The van der Waals surface area contributed by atoms with E-state index in [-0.39, 0.29) is 11.5 Å². The second-order valence-corrected chi connectivity index (χ2v) is 7.89. The molecule has 2 heterocycles. The van der Waals surface area contributed by atoms with Crippen molar-refractivity contribution in [3.63, 3.8) is 0 Å². The lowest BCUT2D eigenvalue weighted by molar-refractivity contribution is 0.102. The molecule has 152 valence electrons. The van der Waals surface area contributed by atoms with Crippen LogP contribution in [0.1, 0.15) is 10.4 Å². The number of nitrogens with one attached hydrogen (secondary N) is 1. The van der Waals surface area contributed by atoms with Gasteiger partial charge < -0.3 is 11.1 Å². The fraction of sp³-hybridized carbons (Fsp3) is 0.0435. The minimum atomic E-state index is -0.645. The Balaban J connectivity index is 1.49. The molecule has 2 amide bonds. The van der Waals surface area contributed by atoms with Crippen LogP contribution in [0.3, 0.4) is 0 Å². The first-order chi connectivity index (χ1) is 15.1. The number of urea groups is 1. The highest BCUT2D eigenvalue weighted by atomic mass is 32.2. The average molecular weight is 427 g/mol. The van der Waals surface area contributed by atoms with E-state index in [0.29, 0.717) is 16.4 Å². The summed E-state index contributed by atoms with van der Waals surface area (Å²) in [5.41, 5.74) is 9.70. The Bertz CT molecular complexity index is 1460. The van der Waals surface area contributed by atoms with Crippen molar-refractivity contribution in [3.05, 3.63) is 78.4 Å². The number of primary amides is 1. The predicted octanol–water partition coefficient (Wildman–Crippen LogP) is 4.50. The summed E-state index contributed by atoms with van der Waals surface area (Å²) in [7, 11) is 0. The van der Waals surface area contributed by atoms with Gasteiger partial charge in [0.1, 0.15) is 5.65 Å². The summed E-state index contributed by atoms with van der Waals surface area (Å²) >= 11 is 1.37. The molecule has 0 aliphatic rings. The van der Waals surface area contributed by atoms with Gasteiger partial charge in [-0.05, 0) is 48.5 Å². The summed E-state index contributed by atoms with van der Waals surface area (Å²) in [5, 5.41) is 4.16. The van der Waals surface area contributed by atoms with Crippen molar-refractivity contribution in [3.8, 4) is 0 Å². The van der Waals surface area contributed by atoms with Crippen LogP contribution in [0, 0.1) is 0 Å². The first-order valence-corrected chi connectivity index (χ1v) is 10.6. The molecule has 0 saturated heterocycles. The van der Waals surface area contributed by atoms with Crippen molar-refractivity contribution >= 4 is 56.8 Å². The third-order valence-corrected chi connectivity index (χ3v) is 5.86. The monoisotopic (exact) mass is 427 g/mol. The van der Waals surface area contributed by atoms with Gasteiger partial charge in [-0.2, -0.15) is 0 Å². The van der Waals surface area contributed by atoms with Gasteiger partial charge in [-0.15, -0.1) is 0 Å². The maximum Gasteiger partial charge on any atom is 0.316 e. The Morgan fingerprint density at radius 3 is 2.39 bits per heavy atom. The minimum absolute atomic E-state index is 0.0387. The molecule has 0 aliphatic carbocycles. The Hall–Kier alpha value is -3.91. The van der Waals surface area contributed by atoms with Crippen LogP contribution in [-0.4, -0.2) is 31.9 Å². The van der Waals surface area contributed by atoms with Gasteiger partial charge in [0.25, 0.3) is 0 Å². The van der Waals surface area contributed by atoms with Gasteiger partial charge in [-0.25, -0.2) is 14.8 Å². The molecule has 3 N–H and O–H groups in total. The number of thioether (sulfide) groups is 1. The highest BCUT2D eigenvalue weighted by molar-refractivity contribution is 7.99. The van der Waals surface area contributed by atoms with E-state index in [2.05, 4.69) is 5.32 Å². The van der Waals surface area contributed by atoms with Crippen molar-refractivity contribution in [2.24, 2.45) is 5.73 Å². The molecule has 3 aromatic carbocycles. The number of Topliss-reactive ketones (excluding diaryl/α,β-unsaturated/α-hetero) is 1. The van der Waals surface area contributed by atoms with Crippen LogP contribution in [0.25, 0.3) is 27.6 Å². The van der Waals surface area contributed by atoms with Gasteiger partial charge in [0.05, 0.1) is 22.3 Å². The molecule has 7 nitrogen and oxygen atoms in total. The first kappa shape index (κ1) is 19.1. The molecular weight excluding hydrogens is 410 g/mol. The number of aromatic nitrogens is 3. The molecule has 31 heavy (non-hydrogen) atoms. The van der Waals surface area contributed by atoms with Crippen molar-refractivity contribution in [2.45, 2.75) is 5.16 Å². The topological polar surface area (TPSA) is 102 Å². The zero-order valence-corrected chi connectivity index (χ0v) is 17.1. The molecule has 0 fully saturated rings. The summed E-state index contributed by atoms with van der Waals surface area (Å²) in [6, 6.07) is 21.8. The number of hydrogen-bond donors (Lipinski definition) is 2. The zero-order valence-electron chi connectivity index (χ0n) is 16.3. The van der Waals surface area contributed by atoms with Crippen molar-refractivity contribution in [1.29, 1.82) is 0 Å². The fourth-order valence-electron chi connectivity index (χ4n) is 3.51. The molecule has 0 spiro atoms. The Labute approximate surface area is 181 Å². The molecule has 8 heteroatoms. The zero-order chi connectivity index (χ0) is 21.4. The number of nitrogens with two attached hydrogens (primary N) is 1. The van der Waals surface area contributed by atoms with Crippen LogP contribution in [0.15, 0.2) is 78.0 Å². The third kappa shape index (κ3) is 3.57. The maximum atomic E-state index is 12.8. The highest BCUT2D eigenvalue weighted by Gasteiger charge is 2.16. The van der Waals surface area contributed by atoms with Gasteiger partial charge in [0.15, 0.2) is 10.9 Å². The van der Waals surface area contributed by atoms with Gasteiger partial charge in [0.2, 0.25) is 0 Å². The third-order valence-electron chi connectivity index (χ3n) is 4.92. The lowest BCUT2D eigenvalue weighted by atomic mass is 10.1. The Kier molecular flexibility index (Phi) is 4.76. The maximum absolute atomic E-state index is 12.8. The second-order valence-electron chi connectivity index (χ2n) is 6.95. The normalized spacial score (nSPS) is 11.2. The summed E-state index contributed by atoms with van der Waals surface area (Å²) in [6.45, 7) is 0. The van der Waals surface area contributed by atoms with Crippen molar-refractivity contribution in [2.75, 3.05) is 11.1 Å². The SMILES string of the molecule is NC(=O)Nc1ccc(C(=O)CSc2nc3ccccc3c3nc4ccccc4n23)cc1. The largest absolute Gasteiger partial charge is 0.351 e. The quantitative estimate of drug-likeness (QED) is 0.244. The van der Waals surface area contributed by atoms with E-state index in [1.54, 1.807) is 24.3 Å². The van der Waals surface area contributed by atoms with Gasteiger partial charge in [-0.3, -0.25) is 9.20 Å². The molecule has 5 rings (SSSR count). The molecule has 0 unspecified atom stereocenters. The molecule has 5 aromatic rings. The van der Waals surface area contributed by atoms with E-state index in [1.165, 1.54) is 11.8 Å². The van der Waals surface area contributed by atoms with Crippen molar-refractivity contribution in [1.82, 2.24) is 14.4 Å². The average Bonchev–Trinajstić information content (AvgIpc) is 3.17. The van der Waals surface area contributed by atoms with Crippen LogP contribution in [-0.2, 0) is 0 Å². The summed E-state index contributed by atoms with van der Waals surface area (Å²) in [5.74, 6) is 0.179. The van der Waals surface area contributed by atoms with Crippen LogP contribution >= 0.6 is 11.8 Å². The number of carbonyl (C=O) groups is 2. The minimum Gasteiger partial charge on any atom is -0.351 e. The Morgan fingerprint density at radius 2 is 1.61 bits per heavy atom. The van der Waals surface area contributed by atoms with Crippen LogP contribution in [0.2, 0.25) is 0 Å². The molecular formula is C23H17N5O2S. The number of imidazole rings is 1. The number of nitrogens with zero attached hydrogens (tertiary/aromatic N) is 3. The van der Waals surface area contributed by atoms with Crippen molar-refractivity contribution < 1.29 is 9.59 Å². The number of benzene rings is 3. The van der Waals surface area contributed by atoms with E-state index < -0.39 is 6.03 Å². The highest BCUT2D eigenvalue weighted by Crippen LogP contribution is 2.29. The summed E-state index contributed by atoms with van der Waals surface area (Å²) in [6.07, 6.45) is 0. The molecule has 2 aromatic heterocycles. The van der Waals surface area contributed by atoms with Gasteiger partial charge in [-0.1, -0.05) is 36.0 Å². The number of para-hydroxylation sites is 3. The van der Waals surface area contributed by atoms with Gasteiger partial charge >= 0.3 is 6.03 Å². The van der Waals surface area contributed by atoms with E-state index in [0.717, 1.165) is 27.6 Å². The number of amides is 2. The van der Waals surface area contributed by atoms with Crippen LogP contribution in [0.5, 0.6) is 0 Å². The fourth-order valence-corrected chi connectivity index (χ4v) is 4.41. The molecule has 0 aliphatic heterocycles. The number of hydrogen-bond acceptors (Lipinski definition) is 5. The molecule has 0 saturated carbocycles. The van der Waals surface area contributed by atoms with E-state index in [4.69, 9.17) is 15.7 Å². The predicted molar refractivity (Wildman–Crippen MR) is 123 cm³/mol. The second kappa shape index (κ2) is 7.73. The standard InChI is InChI=1S/C23H17N5O2S/c24-22(30)25-15-11-9-14(10-12-15)20(29)13-31-23-27-17-6-2-1-5-16(17)21-26-18-7-3-4-8-19(18)28(21)23/h1-12H,13H2,(H3,24,25,30). The van der Waals surface area contributed by atoms with E-state index in [9.17, 15) is 9.59 Å². The lowest BCUT2D eigenvalue weighted by Crippen LogP contribution is -2.19. The smallest absolute Gasteiger partial charge is 0.316 e. The van der Waals surface area contributed by atoms with E-state index in [1.807, 2.05) is 52.9 Å². The Morgan fingerprint density at radius 1 is 0.903 bits per heavy atom. The molecule has 0 radical (unpaired) electrons. The van der Waals surface area contributed by atoms with Crippen LogP contribution in [0.4, 0.5) is 10.5 Å². The number of rotatable bonds is 5. The summed E-state index contributed by atoms with van der Waals surface area (Å²) in [4.78, 5) is 33.3. The molecule has 0 bridgehead atoms. The summed E-state index contributed by atoms with van der Waals surface area (Å²) < 4.78 is 2.01. The van der Waals surface area contributed by atoms with Gasteiger partial charge in [0, 0.05) is 16.6 Å². The van der Waals surface area contributed by atoms with E-state index >= 15 is 0 Å².